The Morgan fingerprint density at radius 1 is 0.615 bits per heavy atom. The number of hydrogen-bond donors (Lipinski definition) is 0. The molecule has 0 saturated carbocycles. The van der Waals surface area contributed by atoms with E-state index in [1.165, 1.54) is 16.8 Å². The van der Waals surface area contributed by atoms with Gasteiger partial charge in [-0.05, 0) is 76.9 Å². The maximum absolute atomic E-state index is 6.69. The van der Waals surface area contributed by atoms with Crippen molar-refractivity contribution in [3.63, 3.8) is 0 Å². The number of nitrogens with zero attached hydrogens (tertiary/aromatic N) is 4. The molecule has 5 nitrogen and oxygen atoms in total. The molecule has 0 N–H and O–H groups in total. The summed E-state index contributed by atoms with van der Waals surface area (Å²) < 4.78 is 8.89. The van der Waals surface area contributed by atoms with Crippen LogP contribution < -0.4 is 14.5 Å². The van der Waals surface area contributed by atoms with E-state index in [2.05, 4.69) is 188 Å². The van der Waals surface area contributed by atoms with Gasteiger partial charge in [0.05, 0.1) is 0 Å². The molecule has 52 heavy (non-hydrogen) atoms. The first-order valence-corrected chi connectivity index (χ1v) is 17.9. The molecule has 7 rings (SSSR count). The summed E-state index contributed by atoms with van der Waals surface area (Å²) in [4.78, 5) is 9.31. The van der Waals surface area contributed by atoms with Crippen molar-refractivity contribution in [1.29, 1.82) is 0 Å². The molecule has 0 unspecified atom stereocenters. The minimum Gasteiger partial charge on any atom is -0.509 e. The van der Waals surface area contributed by atoms with E-state index in [0.29, 0.717) is 11.5 Å². The second kappa shape index (κ2) is 13.6. The monoisotopic (exact) mass is 868 g/mol. The van der Waals surface area contributed by atoms with E-state index in [-0.39, 0.29) is 37.3 Å². The Bertz CT molecular complexity index is 2300. The normalized spacial score (nSPS) is 14.1. The minimum absolute atomic E-state index is 0. The van der Waals surface area contributed by atoms with Crippen molar-refractivity contribution in [1.82, 2.24) is 9.55 Å². The molecule has 0 aliphatic carbocycles. The molecule has 0 bridgehead atoms. The van der Waals surface area contributed by atoms with Crippen molar-refractivity contribution in [2.75, 3.05) is 9.80 Å². The van der Waals surface area contributed by atoms with Crippen molar-refractivity contribution < 1.29 is 25.8 Å². The summed E-state index contributed by atoms with van der Waals surface area (Å²) in [6, 6.07) is 37.4. The average Bonchev–Trinajstić information content (AvgIpc) is 3.56. The molecular formula is C46H49N4OPt-3. The van der Waals surface area contributed by atoms with Crippen molar-refractivity contribution >= 4 is 33.2 Å². The number of anilines is 2. The zero-order chi connectivity index (χ0) is 36.5. The van der Waals surface area contributed by atoms with E-state index in [1.54, 1.807) is 0 Å². The van der Waals surface area contributed by atoms with E-state index in [9.17, 15) is 0 Å². The van der Waals surface area contributed by atoms with E-state index < -0.39 is 0 Å². The fourth-order valence-corrected chi connectivity index (χ4v) is 6.71. The molecule has 0 atom stereocenters. The quantitative estimate of drug-likeness (QED) is 0.162. The molecule has 1 aliphatic heterocycles. The molecule has 0 saturated heterocycles. The van der Waals surface area contributed by atoms with Crippen LogP contribution in [0.5, 0.6) is 11.5 Å². The van der Waals surface area contributed by atoms with Crippen LogP contribution in [0.1, 0.15) is 92.9 Å². The second-order valence-electron chi connectivity index (χ2n) is 16.9. The summed E-state index contributed by atoms with van der Waals surface area (Å²) >= 11 is 0. The maximum Gasteiger partial charge on any atom is 0.135 e. The van der Waals surface area contributed by atoms with Gasteiger partial charge >= 0.3 is 0 Å². The predicted molar refractivity (Wildman–Crippen MR) is 213 cm³/mol. The Kier molecular flexibility index (Phi) is 9.77. The van der Waals surface area contributed by atoms with E-state index >= 15 is 0 Å². The number of allylic oxidation sites excluding steroid dienone is 2. The molecule has 1 aliphatic rings. The SMILES string of the molecule is CC1=C(C)N(c2ccc(C(C)(C)C)cc2)[CH-]N1c1[c-]c(Oc2[c-]c3c(cc2)c2ccccc2n3-c2cc(C(C)(C)C)ccn2)cc(C(C)(C)C)c1.[Pt]. The van der Waals surface area contributed by atoms with Crippen LogP contribution in [0.25, 0.3) is 27.6 Å². The van der Waals surface area contributed by atoms with Crippen molar-refractivity contribution in [3.05, 3.63) is 138 Å². The van der Waals surface area contributed by atoms with Crippen LogP contribution in [0.3, 0.4) is 0 Å². The summed E-state index contributed by atoms with van der Waals surface area (Å²) in [6.45, 7) is 26.6. The van der Waals surface area contributed by atoms with E-state index in [4.69, 9.17) is 9.72 Å². The Balaban J connectivity index is 0.00000464. The number of benzene rings is 4. The maximum atomic E-state index is 6.69. The molecule has 272 valence electrons. The summed E-state index contributed by atoms with van der Waals surface area (Å²) in [6.07, 6.45) is 1.90. The molecule has 0 radical (unpaired) electrons. The third kappa shape index (κ3) is 7.05. The van der Waals surface area contributed by atoms with E-state index in [0.717, 1.165) is 50.3 Å². The Morgan fingerprint density at radius 2 is 1.27 bits per heavy atom. The van der Waals surface area contributed by atoms with Crippen LogP contribution in [0.15, 0.2) is 103 Å². The fraction of sp³-hybridized carbons (Fsp3) is 0.304. The number of para-hydroxylation sites is 1. The van der Waals surface area contributed by atoms with Gasteiger partial charge in [0.1, 0.15) is 5.82 Å². The van der Waals surface area contributed by atoms with Crippen molar-refractivity contribution in [2.45, 2.75) is 92.4 Å². The number of rotatable bonds is 5. The van der Waals surface area contributed by atoms with E-state index in [1.807, 2.05) is 12.3 Å². The first kappa shape index (κ1) is 37.4. The molecular weight excluding hydrogens is 820 g/mol. The fourth-order valence-electron chi connectivity index (χ4n) is 6.71. The number of pyridine rings is 1. The van der Waals surface area contributed by atoms with Crippen LogP contribution in [0.2, 0.25) is 0 Å². The largest absolute Gasteiger partial charge is 0.509 e. The number of hydrogen-bond acceptors (Lipinski definition) is 4. The van der Waals surface area contributed by atoms with Crippen LogP contribution in [0.4, 0.5) is 11.4 Å². The van der Waals surface area contributed by atoms with Crippen molar-refractivity contribution in [2.24, 2.45) is 0 Å². The number of aromatic nitrogens is 2. The van der Waals surface area contributed by atoms with Crippen LogP contribution in [0, 0.1) is 18.8 Å². The van der Waals surface area contributed by atoms with Crippen LogP contribution in [-0.2, 0) is 37.3 Å². The van der Waals surface area contributed by atoms with Crippen molar-refractivity contribution in [3.8, 4) is 17.3 Å². The van der Waals surface area contributed by atoms with Gasteiger partial charge in [0.2, 0.25) is 0 Å². The van der Waals surface area contributed by atoms with Gasteiger partial charge in [0.15, 0.2) is 0 Å². The van der Waals surface area contributed by atoms with Gasteiger partial charge < -0.3 is 19.1 Å². The van der Waals surface area contributed by atoms with Gasteiger partial charge in [-0.15, -0.1) is 53.6 Å². The average molecular weight is 869 g/mol. The topological polar surface area (TPSA) is 33.5 Å². The van der Waals surface area contributed by atoms with Crippen LogP contribution in [-0.4, -0.2) is 9.55 Å². The van der Waals surface area contributed by atoms with Gasteiger partial charge in [-0.25, -0.2) is 4.98 Å². The molecule has 0 amide bonds. The first-order chi connectivity index (χ1) is 24.0. The third-order valence-corrected chi connectivity index (χ3v) is 10.1. The van der Waals surface area contributed by atoms with Gasteiger partial charge in [-0.3, -0.25) is 0 Å². The predicted octanol–water partition coefficient (Wildman–Crippen LogP) is 12.2. The summed E-state index contributed by atoms with van der Waals surface area (Å²) in [5.41, 5.74) is 10.1. The van der Waals surface area contributed by atoms with Crippen LogP contribution >= 0.6 is 0 Å². The Morgan fingerprint density at radius 3 is 1.94 bits per heavy atom. The molecule has 3 heterocycles. The molecule has 6 heteroatoms. The van der Waals surface area contributed by atoms with Gasteiger partial charge in [0.25, 0.3) is 0 Å². The smallest absolute Gasteiger partial charge is 0.135 e. The standard InChI is InChI=1S/C46H49N4O.Pt/c1-30-31(2)49(29-48(30)35-18-16-32(17-19-35)44(3,4)5)36-24-34(46(9,10)11)25-38(27-36)51-37-20-21-40-39-14-12-13-15-41(39)50(42(40)28-37)43-26-33(22-23-47-43)45(6,7)8;/h12-26,29H,1-11H3;/q-3;. The molecule has 2 aromatic heterocycles. The third-order valence-electron chi connectivity index (χ3n) is 10.1. The number of ether oxygens (including phenoxy) is 1. The molecule has 0 spiro atoms. The Labute approximate surface area is 324 Å². The Hall–Kier alpha value is -4.34. The molecule has 4 aromatic carbocycles. The summed E-state index contributed by atoms with van der Waals surface area (Å²) in [5, 5.41) is 2.26. The first-order valence-electron chi connectivity index (χ1n) is 17.9. The zero-order valence-corrected chi connectivity index (χ0v) is 34.5. The molecule has 6 aromatic rings. The summed E-state index contributed by atoms with van der Waals surface area (Å²) in [5.74, 6) is 2.14. The molecule has 0 fully saturated rings. The second-order valence-corrected chi connectivity index (χ2v) is 16.9. The minimum atomic E-state index is -0.110. The summed E-state index contributed by atoms with van der Waals surface area (Å²) in [7, 11) is 0. The number of fused-ring (bicyclic) bond motifs is 3. The van der Waals surface area contributed by atoms with Gasteiger partial charge in [0, 0.05) is 61.4 Å². The van der Waals surface area contributed by atoms with Gasteiger partial charge in [-0.1, -0.05) is 98.2 Å². The zero-order valence-electron chi connectivity index (χ0n) is 32.3. The van der Waals surface area contributed by atoms with Gasteiger partial charge in [-0.2, -0.15) is 6.07 Å².